The Morgan fingerprint density at radius 2 is 1.53 bits per heavy atom. The van der Waals surface area contributed by atoms with Crippen LogP contribution in [0, 0.1) is 0 Å². The smallest absolute Gasteiger partial charge is 0.475 e. The highest BCUT2D eigenvalue weighted by Crippen LogP contribution is 2.48. The number of aryl methyl sites for hydroxylation is 1. The van der Waals surface area contributed by atoms with Gasteiger partial charge >= 0.3 is 12.1 Å². The van der Waals surface area contributed by atoms with E-state index in [9.17, 15) is 26.4 Å². The molecule has 0 heterocycles. The molecule has 0 spiro atoms. The molecule has 3 N–H and O–H groups in total. The van der Waals surface area contributed by atoms with Gasteiger partial charge in [-0.2, -0.15) is 13.2 Å². The standard InChI is InChI=1S/C21H26N2O3S.C2HF3O2/c1-4-16-5-11-19(12-6-16)27(25,26)23-18-9-7-17(8-10-18)21(13-14-21)20(24)22-15(2)3;3-2(4,5)1(6)7/h5-12,15,23H,4,13-14H2,1-3H3,(H,22,24);(H,6,7). The number of anilines is 1. The molecule has 2 aromatic carbocycles. The molecule has 186 valence electrons. The van der Waals surface area contributed by atoms with Gasteiger partial charge in [-0.25, -0.2) is 13.2 Å². The molecule has 0 saturated heterocycles. The van der Waals surface area contributed by atoms with E-state index < -0.39 is 27.6 Å². The molecular formula is C23H27F3N2O5S. The predicted molar refractivity (Wildman–Crippen MR) is 121 cm³/mol. The fraction of sp³-hybridized carbons (Fsp3) is 0.391. The maximum absolute atomic E-state index is 12.5. The molecule has 3 rings (SSSR count). The zero-order chi connectivity index (χ0) is 25.7. The number of halogens is 3. The Morgan fingerprint density at radius 3 is 1.91 bits per heavy atom. The Kier molecular flexibility index (Phi) is 8.35. The lowest BCUT2D eigenvalue weighted by Crippen LogP contribution is -2.38. The molecule has 0 bridgehead atoms. The Hall–Kier alpha value is -3.08. The largest absolute Gasteiger partial charge is 0.490 e. The highest BCUT2D eigenvalue weighted by molar-refractivity contribution is 7.92. The van der Waals surface area contributed by atoms with E-state index in [-0.39, 0.29) is 16.8 Å². The number of benzene rings is 2. The average Bonchev–Trinajstić information content (AvgIpc) is 3.55. The van der Waals surface area contributed by atoms with Gasteiger partial charge in [-0.1, -0.05) is 31.2 Å². The minimum Gasteiger partial charge on any atom is -0.475 e. The maximum Gasteiger partial charge on any atom is 0.490 e. The van der Waals surface area contributed by atoms with Gasteiger partial charge in [0.15, 0.2) is 0 Å². The molecule has 0 radical (unpaired) electrons. The van der Waals surface area contributed by atoms with Gasteiger partial charge in [-0.3, -0.25) is 9.52 Å². The molecule has 2 aromatic rings. The van der Waals surface area contributed by atoms with E-state index in [1.807, 2.05) is 45.0 Å². The van der Waals surface area contributed by atoms with Crippen molar-refractivity contribution in [2.75, 3.05) is 4.72 Å². The van der Waals surface area contributed by atoms with Crippen LogP contribution in [0.3, 0.4) is 0 Å². The van der Waals surface area contributed by atoms with Gasteiger partial charge in [0.2, 0.25) is 5.91 Å². The molecule has 7 nitrogen and oxygen atoms in total. The Labute approximate surface area is 196 Å². The minimum absolute atomic E-state index is 0.0434. The van der Waals surface area contributed by atoms with Gasteiger partial charge in [-0.05, 0) is 68.5 Å². The SMILES string of the molecule is CCc1ccc(S(=O)(=O)Nc2ccc(C3(C(=O)NC(C)C)CC3)cc2)cc1.O=C(O)C(F)(F)F. The van der Waals surface area contributed by atoms with Crippen molar-refractivity contribution in [3.05, 3.63) is 59.7 Å². The molecule has 0 aromatic heterocycles. The van der Waals surface area contributed by atoms with Crippen LogP contribution in [0.15, 0.2) is 53.4 Å². The highest BCUT2D eigenvalue weighted by atomic mass is 32.2. The number of carboxylic acid groups (broad SMARTS) is 1. The Balaban J connectivity index is 0.000000509. The first-order valence-electron chi connectivity index (χ1n) is 10.5. The van der Waals surface area contributed by atoms with Crippen molar-refractivity contribution in [1.82, 2.24) is 5.32 Å². The van der Waals surface area contributed by atoms with Crippen LogP contribution in [0.25, 0.3) is 0 Å². The summed E-state index contributed by atoms with van der Waals surface area (Å²) in [6, 6.07) is 14.1. The van der Waals surface area contributed by atoms with Crippen molar-refractivity contribution in [3.8, 4) is 0 Å². The van der Waals surface area contributed by atoms with Crippen LogP contribution in [-0.2, 0) is 31.4 Å². The molecule has 0 unspecified atom stereocenters. The third-order valence-electron chi connectivity index (χ3n) is 5.18. The Bertz CT molecular complexity index is 1110. The maximum atomic E-state index is 12.5. The summed E-state index contributed by atoms with van der Waals surface area (Å²) in [5.41, 5.74) is 2.04. The van der Waals surface area contributed by atoms with Gasteiger partial charge in [0, 0.05) is 11.7 Å². The summed E-state index contributed by atoms with van der Waals surface area (Å²) in [5.74, 6) is -2.71. The summed E-state index contributed by atoms with van der Waals surface area (Å²) < 4.78 is 59.4. The zero-order valence-corrected chi connectivity index (χ0v) is 19.8. The zero-order valence-electron chi connectivity index (χ0n) is 18.9. The summed E-state index contributed by atoms with van der Waals surface area (Å²) in [7, 11) is -3.63. The number of sulfonamides is 1. The van der Waals surface area contributed by atoms with Crippen LogP contribution in [0.1, 0.15) is 44.7 Å². The molecule has 1 fully saturated rings. The first-order valence-corrected chi connectivity index (χ1v) is 12.0. The summed E-state index contributed by atoms with van der Waals surface area (Å²) >= 11 is 0. The fourth-order valence-corrected chi connectivity index (χ4v) is 4.21. The van der Waals surface area contributed by atoms with E-state index in [1.54, 1.807) is 24.3 Å². The Morgan fingerprint density at radius 1 is 1.03 bits per heavy atom. The number of hydrogen-bond donors (Lipinski definition) is 3. The molecule has 1 aliphatic carbocycles. The van der Waals surface area contributed by atoms with Crippen molar-refractivity contribution in [3.63, 3.8) is 0 Å². The quantitative estimate of drug-likeness (QED) is 0.527. The van der Waals surface area contributed by atoms with E-state index in [4.69, 9.17) is 9.90 Å². The number of nitrogens with one attached hydrogen (secondary N) is 2. The minimum atomic E-state index is -5.08. The molecule has 34 heavy (non-hydrogen) atoms. The molecule has 1 aliphatic rings. The number of carboxylic acids is 1. The highest BCUT2D eigenvalue weighted by Gasteiger charge is 2.51. The lowest BCUT2D eigenvalue weighted by atomic mass is 9.94. The van der Waals surface area contributed by atoms with Crippen molar-refractivity contribution in [1.29, 1.82) is 0 Å². The van der Waals surface area contributed by atoms with E-state index in [1.165, 1.54) is 0 Å². The summed E-state index contributed by atoms with van der Waals surface area (Å²) in [4.78, 5) is 21.6. The van der Waals surface area contributed by atoms with E-state index in [0.717, 1.165) is 30.4 Å². The average molecular weight is 501 g/mol. The van der Waals surface area contributed by atoms with Crippen LogP contribution >= 0.6 is 0 Å². The second-order valence-corrected chi connectivity index (χ2v) is 9.88. The second kappa shape index (κ2) is 10.5. The van der Waals surface area contributed by atoms with Crippen LogP contribution in [0.5, 0.6) is 0 Å². The second-order valence-electron chi connectivity index (χ2n) is 8.19. The first-order chi connectivity index (χ1) is 15.7. The van der Waals surface area contributed by atoms with Crippen molar-refractivity contribution < 1.29 is 36.3 Å². The third kappa shape index (κ3) is 6.96. The molecule has 1 saturated carbocycles. The van der Waals surface area contributed by atoms with Gasteiger partial charge in [0.05, 0.1) is 10.3 Å². The molecule has 0 atom stereocenters. The lowest BCUT2D eigenvalue weighted by Gasteiger charge is -2.18. The van der Waals surface area contributed by atoms with Crippen LogP contribution in [0.4, 0.5) is 18.9 Å². The van der Waals surface area contributed by atoms with Gasteiger partial charge < -0.3 is 10.4 Å². The molecule has 11 heteroatoms. The molecular weight excluding hydrogens is 473 g/mol. The number of aliphatic carboxylic acids is 1. The predicted octanol–water partition coefficient (Wildman–Crippen LogP) is 4.24. The first kappa shape index (κ1) is 27.2. The summed E-state index contributed by atoms with van der Waals surface area (Å²) in [5, 5.41) is 10.1. The summed E-state index contributed by atoms with van der Waals surface area (Å²) in [6.45, 7) is 5.91. The van der Waals surface area contributed by atoms with E-state index >= 15 is 0 Å². The molecule has 0 aliphatic heterocycles. The lowest BCUT2D eigenvalue weighted by molar-refractivity contribution is -0.192. The van der Waals surface area contributed by atoms with Crippen molar-refractivity contribution in [2.24, 2.45) is 0 Å². The number of alkyl halides is 3. The van der Waals surface area contributed by atoms with Gasteiger partial charge in [0.1, 0.15) is 0 Å². The van der Waals surface area contributed by atoms with Gasteiger partial charge in [-0.15, -0.1) is 0 Å². The normalized spacial score (nSPS) is 14.6. The van der Waals surface area contributed by atoms with Crippen molar-refractivity contribution in [2.45, 2.75) is 62.6 Å². The fourth-order valence-electron chi connectivity index (χ4n) is 3.15. The van der Waals surface area contributed by atoms with E-state index in [2.05, 4.69) is 10.0 Å². The third-order valence-corrected chi connectivity index (χ3v) is 6.58. The number of carbonyl (C=O) groups is 2. The van der Waals surface area contributed by atoms with E-state index in [0.29, 0.717) is 5.69 Å². The topological polar surface area (TPSA) is 113 Å². The monoisotopic (exact) mass is 500 g/mol. The number of rotatable bonds is 7. The number of carbonyl (C=O) groups excluding carboxylic acids is 1. The molecule has 1 amide bonds. The summed E-state index contributed by atoms with van der Waals surface area (Å²) in [6.07, 6.45) is -2.58. The van der Waals surface area contributed by atoms with Crippen LogP contribution in [-0.4, -0.2) is 37.6 Å². The number of hydrogen-bond acceptors (Lipinski definition) is 4. The van der Waals surface area contributed by atoms with Gasteiger partial charge in [0.25, 0.3) is 10.0 Å². The number of amides is 1. The van der Waals surface area contributed by atoms with Crippen LogP contribution < -0.4 is 10.0 Å². The van der Waals surface area contributed by atoms with Crippen LogP contribution in [0.2, 0.25) is 0 Å². The van der Waals surface area contributed by atoms with Crippen molar-refractivity contribution >= 4 is 27.6 Å².